The van der Waals surface area contributed by atoms with Crippen LogP contribution in [0.2, 0.25) is 0 Å². The summed E-state index contributed by atoms with van der Waals surface area (Å²) in [6, 6.07) is 4.63. The molecule has 5 nitrogen and oxygen atoms in total. The van der Waals surface area contributed by atoms with Gasteiger partial charge in [-0.05, 0) is 18.6 Å². The molecule has 0 aliphatic heterocycles. The Morgan fingerprint density at radius 1 is 1.56 bits per heavy atom. The van der Waals surface area contributed by atoms with E-state index >= 15 is 0 Å². The van der Waals surface area contributed by atoms with Crippen molar-refractivity contribution >= 4 is 10.0 Å². The van der Waals surface area contributed by atoms with E-state index < -0.39 is 10.0 Å². The maximum atomic E-state index is 11.8. The summed E-state index contributed by atoms with van der Waals surface area (Å²) < 4.78 is 26.0. The number of aromatic nitrogens is 1. The van der Waals surface area contributed by atoms with Crippen molar-refractivity contribution < 1.29 is 8.42 Å². The molecule has 0 aliphatic carbocycles. The van der Waals surface area contributed by atoms with E-state index in [0.717, 1.165) is 12.8 Å². The molecule has 1 aromatic heterocycles. The molecule has 0 aromatic carbocycles. The fourth-order valence-electron chi connectivity index (χ4n) is 1.15. The first-order valence-electron chi connectivity index (χ1n) is 4.96. The minimum absolute atomic E-state index is 0.0615. The lowest BCUT2D eigenvalue weighted by Gasteiger charge is -2.06. The lowest BCUT2D eigenvalue weighted by atomic mass is 10.3. The van der Waals surface area contributed by atoms with Crippen molar-refractivity contribution in [1.29, 1.82) is 5.26 Å². The van der Waals surface area contributed by atoms with Crippen molar-refractivity contribution in [1.82, 2.24) is 9.71 Å². The molecule has 0 radical (unpaired) electrons. The third-order valence-electron chi connectivity index (χ3n) is 1.99. The second-order valence-corrected chi connectivity index (χ2v) is 4.95. The normalized spacial score (nSPS) is 11.0. The predicted molar refractivity (Wildman–Crippen MR) is 59.0 cm³/mol. The van der Waals surface area contributed by atoms with Gasteiger partial charge in [0.1, 0.15) is 11.0 Å². The number of hydrogen-bond donors (Lipinski definition) is 1. The highest BCUT2D eigenvalue weighted by Gasteiger charge is 2.18. The Balaban J connectivity index is 2.95. The van der Waals surface area contributed by atoms with Crippen LogP contribution in [0.25, 0.3) is 0 Å². The number of nitriles is 1. The highest BCUT2D eigenvalue weighted by atomic mass is 32.2. The average molecular weight is 239 g/mol. The van der Waals surface area contributed by atoms with Crippen molar-refractivity contribution in [2.45, 2.75) is 24.7 Å². The molecule has 1 rings (SSSR count). The van der Waals surface area contributed by atoms with Crippen LogP contribution >= 0.6 is 0 Å². The number of nitrogens with zero attached hydrogens (tertiary/aromatic N) is 2. The Hall–Kier alpha value is -1.45. The summed E-state index contributed by atoms with van der Waals surface area (Å²) in [7, 11) is -3.61. The van der Waals surface area contributed by atoms with Gasteiger partial charge in [-0.1, -0.05) is 13.3 Å². The summed E-state index contributed by atoms with van der Waals surface area (Å²) in [5, 5.41) is 8.75. The molecule has 86 valence electrons. The van der Waals surface area contributed by atoms with Gasteiger partial charge in [0.15, 0.2) is 5.69 Å². The summed E-state index contributed by atoms with van der Waals surface area (Å²) in [4.78, 5) is 3.65. The number of rotatable bonds is 5. The van der Waals surface area contributed by atoms with Gasteiger partial charge < -0.3 is 0 Å². The van der Waals surface area contributed by atoms with Crippen molar-refractivity contribution in [3.8, 4) is 6.07 Å². The topological polar surface area (TPSA) is 82.8 Å². The van der Waals surface area contributed by atoms with Crippen LogP contribution in [0.4, 0.5) is 0 Å². The smallest absolute Gasteiger partial charge is 0.243 e. The third-order valence-corrected chi connectivity index (χ3v) is 3.48. The molecule has 16 heavy (non-hydrogen) atoms. The lowest BCUT2D eigenvalue weighted by molar-refractivity contribution is 0.577. The van der Waals surface area contributed by atoms with Crippen LogP contribution in [-0.2, 0) is 10.0 Å². The van der Waals surface area contributed by atoms with E-state index in [9.17, 15) is 8.42 Å². The van der Waals surface area contributed by atoms with Crippen LogP contribution in [-0.4, -0.2) is 19.9 Å². The van der Waals surface area contributed by atoms with Gasteiger partial charge in [-0.25, -0.2) is 18.1 Å². The largest absolute Gasteiger partial charge is 0.244 e. The quantitative estimate of drug-likeness (QED) is 0.778. The SMILES string of the molecule is CCCCNS(=O)(=O)c1cccnc1C#N. The molecule has 1 aromatic rings. The van der Waals surface area contributed by atoms with Gasteiger partial charge in [0.2, 0.25) is 10.0 Å². The molecule has 0 fully saturated rings. The number of pyridine rings is 1. The van der Waals surface area contributed by atoms with Gasteiger partial charge in [-0.2, -0.15) is 5.26 Å². The van der Waals surface area contributed by atoms with E-state index in [4.69, 9.17) is 5.26 Å². The Labute approximate surface area is 95.2 Å². The molecule has 6 heteroatoms. The molecular weight excluding hydrogens is 226 g/mol. The Bertz CT molecular complexity index is 491. The van der Waals surface area contributed by atoms with E-state index in [1.165, 1.54) is 18.3 Å². The van der Waals surface area contributed by atoms with Gasteiger partial charge in [0, 0.05) is 12.7 Å². The van der Waals surface area contributed by atoms with E-state index in [1.54, 1.807) is 6.07 Å². The fraction of sp³-hybridized carbons (Fsp3) is 0.400. The van der Waals surface area contributed by atoms with Gasteiger partial charge >= 0.3 is 0 Å². The third kappa shape index (κ3) is 3.02. The van der Waals surface area contributed by atoms with E-state index in [1.807, 2.05) is 6.92 Å². The van der Waals surface area contributed by atoms with Crippen molar-refractivity contribution in [3.05, 3.63) is 24.0 Å². The zero-order chi connectivity index (χ0) is 12.0. The number of hydrogen-bond acceptors (Lipinski definition) is 4. The fourth-order valence-corrected chi connectivity index (χ4v) is 2.33. The second kappa shape index (κ2) is 5.58. The molecule has 0 amide bonds. The van der Waals surface area contributed by atoms with Gasteiger partial charge in [-0.15, -0.1) is 0 Å². The molecule has 0 saturated heterocycles. The van der Waals surface area contributed by atoms with Crippen molar-refractivity contribution in [3.63, 3.8) is 0 Å². The lowest BCUT2D eigenvalue weighted by Crippen LogP contribution is -2.25. The van der Waals surface area contributed by atoms with Gasteiger partial charge in [0.25, 0.3) is 0 Å². The van der Waals surface area contributed by atoms with Crippen LogP contribution in [0.5, 0.6) is 0 Å². The van der Waals surface area contributed by atoms with Crippen LogP contribution in [0.15, 0.2) is 23.2 Å². The minimum Gasteiger partial charge on any atom is -0.244 e. The molecule has 1 heterocycles. The molecular formula is C10H13N3O2S. The maximum absolute atomic E-state index is 11.8. The summed E-state index contributed by atoms with van der Waals surface area (Å²) >= 11 is 0. The number of unbranched alkanes of at least 4 members (excludes halogenated alkanes) is 1. The monoisotopic (exact) mass is 239 g/mol. The highest BCUT2D eigenvalue weighted by molar-refractivity contribution is 7.89. The van der Waals surface area contributed by atoms with E-state index in [-0.39, 0.29) is 10.6 Å². The Morgan fingerprint density at radius 2 is 2.31 bits per heavy atom. The predicted octanol–water partition coefficient (Wildman–Crippen LogP) is 1.03. The Kier molecular flexibility index (Phi) is 4.40. The van der Waals surface area contributed by atoms with Crippen LogP contribution in [0.1, 0.15) is 25.5 Å². The molecule has 0 unspecified atom stereocenters. The highest BCUT2D eigenvalue weighted by Crippen LogP contribution is 2.11. The van der Waals surface area contributed by atoms with E-state index in [0.29, 0.717) is 6.54 Å². The summed E-state index contributed by atoms with van der Waals surface area (Å²) in [6.45, 7) is 2.34. The van der Waals surface area contributed by atoms with Gasteiger partial charge in [0.05, 0.1) is 0 Å². The van der Waals surface area contributed by atoms with Crippen LogP contribution in [0.3, 0.4) is 0 Å². The van der Waals surface area contributed by atoms with Crippen molar-refractivity contribution in [2.24, 2.45) is 0 Å². The maximum Gasteiger partial charge on any atom is 0.243 e. The zero-order valence-electron chi connectivity index (χ0n) is 8.97. The molecule has 0 atom stereocenters. The second-order valence-electron chi connectivity index (χ2n) is 3.21. The minimum atomic E-state index is -3.61. The average Bonchev–Trinajstić information content (AvgIpc) is 2.29. The first-order chi connectivity index (χ1) is 7.61. The van der Waals surface area contributed by atoms with E-state index in [2.05, 4.69) is 9.71 Å². The zero-order valence-corrected chi connectivity index (χ0v) is 9.79. The molecule has 0 aliphatic rings. The molecule has 0 spiro atoms. The first-order valence-corrected chi connectivity index (χ1v) is 6.45. The Morgan fingerprint density at radius 3 is 2.94 bits per heavy atom. The summed E-state index contributed by atoms with van der Waals surface area (Å²) in [6.07, 6.45) is 3.06. The summed E-state index contributed by atoms with van der Waals surface area (Å²) in [5.74, 6) is 0. The molecule has 0 saturated carbocycles. The van der Waals surface area contributed by atoms with Crippen LogP contribution < -0.4 is 4.72 Å². The first kappa shape index (κ1) is 12.6. The standard InChI is InChI=1S/C10H13N3O2S/c1-2-3-7-13-16(14,15)10-5-4-6-12-9(10)8-11/h4-6,13H,2-3,7H2,1H3. The number of nitrogens with one attached hydrogen (secondary N) is 1. The van der Waals surface area contributed by atoms with Crippen molar-refractivity contribution in [2.75, 3.05) is 6.54 Å². The van der Waals surface area contributed by atoms with Gasteiger partial charge in [-0.3, -0.25) is 0 Å². The molecule has 0 bridgehead atoms. The number of sulfonamides is 1. The van der Waals surface area contributed by atoms with Crippen LogP contribution in [0, 0.1) is 11.3 Å². The molecule has 1 N–H and O–H groups in total. The summed E-state index contributed by atoms with van der Waals surface area (Å²) in [5.41, 5.74) is -0.0773.